The third kappa shape index (κ3) is 5.01. The summed E-state index contributed by atoms with van der Waals surface area (Å²) in [5.74, 6) is -0.301. The van der Waals surface area contributed by atoms with Crippen molar-refractivity contribution in [1.29, 1.82) is 5.26 Å². The highest BCUT2D eigenvalue weighted by atomic mass is 16.5. The maximum absolute atomic E-state index is 13.0. The van der Waals surface area contributed by atoms with Crippen LogP contribution in [0.4, 0.5) is 5.69 Å². The maximum atomic E-state index is 13.0. The monoisotopic (exact) mass is 441 g/mol. The van der Waals surface area contributed by atoms with E-state index in [1.54, 1.807) is 35.5 Å². The number of rotatable bonds is 7. The number of carbonyl (C=O) groups excluding carboxylic acids is 2. The molecule has 2 heterocycles. The fraction of sp³-hybridized carbons (Fsp3) is 0.231. The Kier molecular flexibility index (Phi) is 6.65. The summed E-state index contributed by atoms with van der Waals surface area (Å²) in [5.41, 5.74) is 3.32. The van der Waals surface area contributed by atoms with E-state index < -0.39 is 11.9 Å². The summed E-state index contributed by atoms with van der Waals surface area (Å²) in [4.78, 5) is 30.6. The lowest BCUT2D eigenvalue weighted by Crippen LogP contribution is -2.37. The topological polar surface area (TPSA) is 92.5 Å². The number of hydrogen-bond donors (Lipinski definition) is 0. The average molecular weight is 441 g/mol. The molecule has 7 heteroatoms. The van der Waals surface area contributed by atoms with Gasteiger partial charge in [-0.2, -0.15) is 5.26 Å². The van der Waals surface area contributed by atoms with Gasteiger partial charge in [0.25, 0.3) is 0 Å². The normalized spacial score (nSPS) is 17.5. The van der Waals surface area contributed by atoms with Gasteiger partial charge in [-0.05, 0) is 53.9 Å². The van der Waals surface area contributed by atoms with Gasteiger partial charge in [0.2, 0.25) is 5.91 Å². The van der Waals surface area contributed by atoms with Gasteiger partial charge >= 0.3 is 5.97 Å². The Morgan fingerprint density at radius 1 is 1.12 bits per heavy atom. The van der Waals surface area contributed by atoms with Crippen molar-refractivity contribution in [3.8, 4) is 22.9 Å². The number of methoxy groups -OCH3 is 1. The molecule has 7 nitrogen and oxygen atoms in total. The summed E-state index contributed by atoms with van der Waals surface area (Å²) < 4.78 is 10.8. The maximum Gasteiger partial charge on any atom is 0.306 e. The lowest BCUT2D eigenvalue weighted by molar-refractivity contribution is -0.143. The summed E-state index contributed by atoms with van der Waals surface area (Å²) in [7, 11) is 1.32. The number of benzene rings is 2. The van der Waals surface area contributed by atoms with Crippen LogP contribution in [-0.2, 0) is 14.3 Å². The van der Waals surface area contributed by atoms with Crippen LogP contribution in [0.3, 0.4) is 0 Å². The molecule has 1 amide bonds. The van der Waals surface area contributed by atoms with Crippen molar-refractivity contribution in [1.82, 2.24) is 4.98 Å². The molecule has 4 rings (SSSR count). The standard InChI is InChI=1S/C26H23N3O4/c1-32-25(30)14-21-13-23(29(26(21)31)22-3-2-12-28-16-22)17-33-24-10-8-20(9-11-24)19-6-4-18(15-27)5-7-19/h2-12,16,21,23H,13-14,17H2,1H3/t21-,23-/m0/s1. The molecule has 1 aromatic heterocycles. The molecule has 0 saturated carbocycles. The fourth-order valence-electron chi connectivity index (χ4n) is 4.02. The second-order valence-corrected chi connectivity index (χ2v) is 7.81. The van der Waals surface area contributed by atoms with Gasteiger partial charge in [-0.1, -0.05) is 24.3 Å². The van der Waals surface area contributed by atoms with Crippen molar-refractivity contribution >= 4 is 17.6 Å². The summed E-state index contributed by atoms with van der Waals surface area (Å²) >= 11 is 0. The first-order valence-electron chi connectivity index (χ1n) is 10.6. The second kappa shape index (κ2) is 9.96. The quantitative estimate of drug-likeness (QED) is 0.515. The van der Waals surface area contributed by atoms with Crippen LogP contribution < -0.4 is 9.64 Å². The van der Waals surface area contributed by atoms with E-state index in [-0.39, 0.29) is 25.0 Å². The van der Waals surface area contributed by atoms with Crippen LogP contribution in [0.25, 0.3) is 11.1 Å². The van der Waals surface area contributed by atoms with Crippen LogP contribution in [0.1, 0.15) is 18.4 Å². The van der Waals surface area contributed by atoms with Crippen molar-refractivity contribution in [2.75, 3.05) is 18.6 Å². The smallest absolute Gasteiger partial charge is 0.306 e. The lowest BCUT2D eigenvalue weighted by atomic mass is 10.0. The number of carbonyl (C=O) groups is 2. The molecule has 0 aliphatic carbocycles. The number of aromatic nitrogens is 1. The zero-order chi connectivity index (χ0) is 23.2. The van der Waals surface area contributed by atoms with Crippen molar-refractivity contribution in [3.63, 3.8) is 0 Å². The van der Waals surface area contributed by atoms with E-state index in [9.17, 15) is 9.59 Å². The number of hydrogen-bond acceptors (Lipinski definition) is 6. The third-order valence-electron chi connectivity index (χ3n) is 5.72. The molecule has 0 spiro atoms. The van der Waals surface area contributed by atoms with Crippen LogP contribution in [0, 0.1) is 17.2 Å². The predicted molar refractivity (Wildman–Crippen MR) is 122 cm³/mol. The van der Waals surface area contributed by atoms with Gasteiger partial charge in [0.05, 0.1) is 49.0 Å². The third-order valence-corrected chi connectivity index (χ3v) is 5.72. The summed E-state index contributed by atoms with van der Waals surface area (Å²) in [6.07, 6.45) is 3.82. The van der Waals surface area contributed by atoms with E-state index in [2.05, 4.69) is 11.1 Å². The highest BCUT2D eigenvalue weighted by Gasteiger charge is 2.41. The molecular formula is C26H23N3O4. The first kappa shape index (κ1) is 22.0. The van der Waals surface area contributed by atoms with E-state index in [0.717, 1.165) is 11.1 Å². The van der Waals surface area contributed by atoms with Gasteiger partial charge in [-0.3, -0.25) is 14.6 Å². The van der Waals surface area contributed by atoms with Gasteiger partial charge in [-0.15, -0.1) is 0 Å². The number of nitrogens with zero attached hydrogens (tertiary/aromatic N) is 3. The van der Waals surface area contributed by atoms with Gasteiger partial charge in [0.1, 0.15) is 12.4 Å². The van der Waals surface area contributed by atoms with Crippen molar-refractivity contribution in [2.24, 2.45) is 5.92 Å². The Morgan fingerprint density at radius 2 is 1.82 bits per heavy atom. The molecule has 33 heavy (non-hydrogen) atoms. The molecule has 0 bridgehead atoms. The van der Waals surface area contributed by atoms with Crippen molar-refractivity contribution in [2.45, 2.75) is 18.9 Å². The summed E-state index contributed by atoms with van der Waals surface area (Å²) in [6.45, 7) is 0.286. The number of nitriles is 1. The zero-order valence-electron chi connectivity index (χ0n) is 18.2. The van der Waals surface area contributed by atoms with Crippen LogP contribution in [0.15, 0.2) is 73.1 Å². The first-order valence-corrected chi connectivity index (χ1v) is 10.6. The second-order valence-electron chi connectivity index (χ2n) is 7.81. The van der Waals surface area contributed by atoms with E-state index in [0.29, 0.717) is 23.4 Å². The number of ether oxygens (including phenoxy) is 2. The Labute approximate surface area is 192 Å². The van der Waals surface area contributed by atoms with E-state index in [1.807, 2.05) is 42.5 Å². The predicted octanol–water partition coefficient (Wildman–Crippen LogP) is 3.98. The Hall–Kier alpha value is -4.18. The van der Waals surface area contributed by atoms with Crippen LogP contribution in [-0.4, -0.2) is 36.6 Å². The number of esters is 1. The fourth-order valence-corrected chi connectivity index (χ4v) is 4.02. The summed E-state index contributed by atoms with van der Waals surface area (Å²) in [6, 6.07) is 20.5. The molecule has 2 aromatic carbocycles. The largest absolute Gasteiger partial charge is 0.491 e. The molecule has 1 aliphatic heterocycles. The molecule has 1 aliphatic rings. The Morgan fingerprint density at radius 3 is 2.42 bits per heavy atom. The molecule has 3 aromatic rings. The molecule has 1 saturated heterocycles. The highest BCUT2D eigenvalue weighted by Crippen LogP contribution is 2.33. The number of pyridine rings is 1. The molecule has 0 unspecified atom stereocenters. The Bertz CT molecular complexity index is 1150. The molecule has 0 N–H and O–H groups in total. The first-order chi connectivity index (χ1) is 16.1. The highest BCUT2D eigenvalue weighted by molar-refractivity contribution is 5.99. The Balaban J connectivity index is 1.46. The van der Waals surface area contributed by atoms with E-state index in [1.165, 1.54) is 7.11 Å². The molecule has 0 radical (unpaired) electrons. The summed E-state index contributed by atoms with van der Waals surface area (Å²) in [5, 5.41) is 8.95. The minimum atomic E-state index is -0.454. The van der Waals surface area contributed by atoms with Crippen LogP contribution in [0.5, 0.6) is 5.75 Å². The van der Waals surface area contributed by atoms with Gasteiger partial charge in [0, 0.05) is 6.20 Å². The minimum Gasteiger partial charge on any atom is -0.491 e. The van der Waals surface area contributed by atoms with Crippen LogP contribution >= 0.6 is 0 Å². The molecule has 2 atom stereocenters. The lowest BCUT2D eigenvalue weighted by Gasteiger charge is -2.24. The SMILES string of the molecule is COC(=O)C[C@@H]1C[C@@H](COc2ccc(-c3ccc(C#N)cc3)cc2)N(c2cccnc2)C1=O. The van der Waals surface area contributed by atoms with E-state index in [4.69, 9.17) is 14.7 Å². The van der Waals surface area contributed by atoms with Gasteiger partial charge in [-0.25, -0.2) is 0 Å². The van der Waals surface area contributed by atoms with Crippen molar-refractivity contribution in [3.05, 3.63) is 78.6 Å². The average Bonchev–Trinajstić information content (AvgIpc) is 3.18. The van der Waals surface area contributed by atoms with Gasteiger partial charge < -0.3 is 14.4 Å². The molecular weight excluding hydrogens is 418 g/mol. The molecule has 1 fully saturated rings. The van der Waals surface area contributed by atoms with Crippen LogP contribution in [0.2, 0.25) is 0 Å². The number of amides is 1. The molecule has 166 valence electrons. The van der Waals surface area contributed by atoms with Crippen molar-refractivity contribution < 1.29 is 19.1 Å². The number of anilines is 1. The minimum absolute atomic E-state index is 0.0435. The van der Waals surface area contributed by atoms with Gasteiger partial charge in [0.15, 0.2) is 0 Å². The zero-order valence-corrected chi connectivity index (χ0v) is 18.2. The van der Waals surface area contributed by atoms with E-state index >= 15 is 0 Å².